The van der Waals surface area contributed by atoms with E-state index in [0.717, 1.165) is 6.07 Å². The number of benzene rings is 1. The topological polar surface area (TPSA) is 105 Å². The van der Waals surface area contributed by atoms with Crippen LogP contribution in [-0.2, 0) is 0 Å². The first-order valence-corrected chi connectivity index (χ1v) is 6.59. The standard InChI is InChI=1S/C14H14F3N5O2/c1-7(18)5-10-12(21-22-13(19)20-10)9-4-3-8(23-2)6-11(9)24-14(15,16)17/h3-6,18H,1-2H3,(H3,19,20,22)/b10-5-,18-7?. The van der Waals surface area contributed by atoms with Gasteiger partial charge >= 0.3 is 6.36 Å². The summed E-state index contributed by atoms with van der Waals surface area (Å²) in [5.41, 5.74) is 5.96. The quantitative estimate of drug-likeness (QED) is 0.730. The van der Waals surface area contributed by atoms with Crippen molar-refractivity contribution < 1.29 is 22.6 Å². The SMILES string of the molecule is COc1ccc(C2=NN=C(N)N/C2=C\C(C)=N)c(OC(F)(F)F)c1. The predicted molar refractivity (Wildman–Crippen MR) is 82.5 cm³/mol. The Morgan fingerprint density at radius 2 is 2.04 bits per heavy atom. The molecule has 1 aromatic carbocycles. The predicted octanol–water partition coefficient (Wildman–Crippen LogP) is 2.14. The average molecular weight is 341 g/mol. The molecule has 0 fully saturated rings. The number of nitrogens with two attached hydrogens (primary N) is 1. The van der Waals surface area contributed by atoms with E-state index in [1.807, 2.05) is 0 Å². The van der Waals surface area contributed by atoms with Gasteiger partial charge in [0, 0.05) is 17.3 Å². The molecule has 1 heterocycles. The number of alkyl halides is 3. The van der Waals surface area contributed by atoms with Gasteiger partial charge in [0.1, 0.15) is 17.2 Å². The number of nitrogens with zero attached hydrogens (tertiary/aromatic N) is 2. The summed E-state index contributed by atoms with van der Waals surface area (Å²) in [4.78, 5) is 0. The van der Waals surface area contributed by atoms with Crippen molar-refractivity contribution in [3.63, 3.8) is 0 Å². The van der Waals surface area contributed by atoms with E-state index in [-0.39, 0.29) is 34.4 Å². The first kappa shape index (κ1) is 17.3. The van der Waals surface area contributed by atoms with Crippen molar-refractivity contribution in [1.29, 1.82) is 5.41 Å². The van der Waals surface area contributed by atoms with Crippen molar-refractivity contribution in [3.8, 4) is 11.5 Å². The van der Waals surface area contributed by atoms with E-state index < -0.39 is 12.1 Å². The van der Waals surface area contributed by atoms with Gasteiger partial charge in [0.15, 0.2) is 0 Å². The molecule has 2 rings (SSSR count). The molecule has 0 saturated carbocycles. The fraction of sp³-hybridized carbons (Fsp3) is 0.214. The zero-order chi connectivity index (χ0) is 17.9. The molecule has 0 saturated heterocycles. The molecule has 0 amide bonds. The van der Waals surface area contributed by atoms with E-state index in [2.05, 4.69) is 20.3 Å². The second kappa shape index (κ2) is 6.60. The smallest absolute Gasteiger partial charge is 0.497 e. The van der Waals surface area contributed by atoms with Gasteiger partial charge in [-0.3, -0.25) is 0 Å². The van der Waals surface area contributed by atoms with Crippen molar-refractivity contribution in [3.05, 3.63) is 35.5 Å². The first-order valence-electron chi connectivity index (χ1n) is 6.59. The number of hydrogen-bond donors (Lipinski definition) is 3. The summed E-state index contributed by atoms with van der Waals surface area (Å²) in [6.45, 7) is 1.50. The normalized spacial score (nSPS) is 16.1. The zero-order valence-corrected chi connectivity index (χ0v) is 12.7. The highest BCUT2D eigenvalue weighted by Crippen LogP contribution is 2.32. The Kier molecular flexibility index (Phi) is 4.77. The Hall–Kier alpha value is -3.04. The molecule has 4 N–H and O–H groups in total. The monoisotopic (exact) mass is 341 g/mol. The molecule has 128 valence electrons. The highest BCUT2D eigenvalue weighted by atomic mass is 19.4. The van der Waals surface area contributed by atoms with Crippen LogP contribution in [0.5, 0.6) is 11.5 Å². The minimum atomic E-state index is -4.90. The van der Waals surface area contributed by atoms with Gasteiger partial charge in [0.25, 0.3) is 0 Å². The number of rotatable bonds is 4. The van der Waals surface area contributed by atoms with Gasteiger partial charge < -0.3 is 25.9 Å². The molecule has 0 spiro atoms. The molecule has 0 bridgehead atoms. The van der Waals surface area contributed by atoms with E-state index in [9.17, 15) is 13.2 Å². The summed E-state index contributed by atoms with van der Waals surface area (Å²) in [7, 11) is 1.32. The third-order valence-electron chi connectivity index (χ3n) is 2.81. The largest absolute Gasteiger partial charge is 0.573 e. The molecule has 0 atom stereocenters. The average Bonchev–Trinajstić information content (AvgIpc) is 2.45. The molecule has 1 aromatic rings. The minimum absolute atomic E-state index is 0.0179. The van der Waals surface area contributed by atoms with Crippen LogP contribution in [0.4, 0.5) is 13.2 Å². The Balaban J connectivity index is 2.58. The summed E-state index contributed by atoms with van der Waals surface area (Å²) in [6, 6.07) is 3.89. The maximum absolute atomic E-state index is 12.7. The molecular weight excluding hydrogens is 327 g/mol. The lowest BCUT2D eigenvalue weighted by Crippen LogP contribution is -2.37. The lowest BCUT2D eigenvalue weighted by molar-refractivity contribution is -0.274. The van der Waals surface area contributed by atoms with E-state index >= 15 is 0 Å². The molecule has 1 aliphatic rings. The highest BCUT2D eigenvalue weighted by molar-refractivity contribution is 6.19. The van der Waals surface area contributed by atoms with E-state index in [4.69, 9.17) is 15.9 Å². The molecule has 7 nitrogen and oxygen atoms in total. The van der Waals surface area contributed by atoms with Crippen LogP contribution in [0.3, 0.4) is 0 Å². The van der Waals surface area contributed by atoms with Crippen LogP contribution >= 0.6 is 0 Å². The van der Waals surface area contributed by atoms with Crippen LogP contribution in [0.15, 0.2) is 40.2 Å². The van der Waals surface area contributed by atoms with Crippen LogP contribution in [0.2, 0.25) is 0 Å². The van der Waals surface area contributed by atoms with Gasteiger partial charge in [-0.1, -0.05) is 0 Å². The number of methoxy groups -OCH3 is 1. The lowest BCUT2D eigenvalue weighted by atomic mass is 10.0. The number of hydrogen-bond acceptors (Lipinski definition) is 7. The Morgan fingerprint density at radius 1 is 1.33 bits per heavy atom. The molecular formula is C14H14F3N5O2. The molecule has 0 aliphatic carbocycles. The number of allylic oxidation sites excluding steroid dienone is 2. The van der Waals surface area contributed by atoms with Crippen LogP contribution in [-0.4, -0.2) is 30.9 Å². The van der Waals surface area contributed by atoms with Crippen LogP contribution in [0.1, 0.15) is 12.5 Å². The maximum atomic E-state index is 12.7. The summed E-state index contributed by atoms with van der Waals surface area (Å²) in [5.74, 6) is -0.371. The molecule has 0 unspecified atom stereocenters. The van der Waals surface area contributed by atoms with Gasteiger partial charge in [-0.15, -0.1) is 23.4 Å². The number of halogens is 3. The van der Waals surface area contributed by atoms with Crippen molar-refractivity contribution in [2.75, 3.05) is 7.11 Å². The van der Waals surface area contributed by atoms with Gasteiger partial charge in [0.2, 0.25) is 5.96 Å². The van der Waals surface area contributed by atoms with E-state index in [1.54, 1.807) is 0 Å². The van der Waals surface area contributed by atoms with Crippen LogP contribution in [0.25, 0.3) is 0 Å². The third kappa shape index (κ3) is 4.24. The third-order valence-corrected chi connectivity index (χ3v) is 2.81. The molecule has 24 heavy (non-hydrogen) atoms. The fourth-order valence-corrected chi connectivity index (χ4v) is 1.93. The van der Waals surface area contributed by atoms with Crippen LogP contribution < -0.4 is 20.5 Å². The molecule has 1 aliphatic heterocycles. The first-order chi connectivity index (χ1) is 11.2. The fourth-order valence-electron chi connectivity index (χ4n) is 1.93. The Bertz CT molecular complexity index is 753. The Labute approximate surface area is 135 Å². The van der Waals surface area contributed by atoms with Crippen molar-refractivity contribution in [1.82, 2.24) is 5.32 Å². The molecule has 10 heteroatoms. The van der Waals surface area contributed by atoms with Crippen molar-refractivity contribution in [2.45, 2.75) is 13.3 Å². The molecule has 0 radical (unpaired) electrons. The summed E-state index contributed by atoms with van der Waals surface area (Å²) in [5, 5.41) is 17.6. The number of guanidine groups is 1. The second-order valence-corrected chi connectivity index (χ2v) is 4.71. The van der Waals surface area contributed by atoms with Gasteiger partial charge in [0.05, 0.1) is 12.8 Å². The van der Waals surface area contributed by atoms with E-state index in [0.29, 0.717) is 0 Å². The number of nitrogens with one attached hydrogen (secondary N) is 2. The van der Waals surface area contributed by atoms with Gasteiger partial charge in [-0.25, -0.2) is 0 Å². The Morgan fingerprint density at radius 3 is 2.62 bits per heavy atom. The van der Waals surface area contributed by atoms with Gasteiger partial charge in [-0.2, -0.15) is 0 Å². The van der Waals surface area contributed by atoms with Crippen molar-refractivity contribution in [2.24, 2.45) is 15.9 Å². The van der Waals surface area contributed by atoms with Crippen LogP contribution in [0, 0.1) is 5.41 Å². The van der Waals surface area contributed by atoms with Crippen molar-refractivity contribution >= 4 is 17.4 Å². The summed E-state index contributed by atoms with van der Waals surface area (Å²) < 4.78 is 47.0. The summed E-state index contributed by atoms with van der Waals surface area (Å²) >= 11 is 0. The zero-order valence-electron chi connectivity index (χ0n) is 12.7. The second-order valence-electron chi connectivity index (χ2n) is 4.71. The number of ether oxygens (including phenoxy) is 2. The lowest BCUT2D eigenvalue weighted by Gasteiger charge is -2.19. The highest BCUT2D eigenvalue weighted by Gasteiger charge is 2.33. The molecule has 0 aromatic heterocycles. The maximum Gasteiger partial charge on any atom is 0.573 e. The minimum Gasteiger partial charge on any atom is -0.497 e. The van der Waals surface area contributed by atoms with Gasteiger partial charge in [-0.05, 0) is 25.1 Å². The summed E-state index contributed by atoms with van der Waals surface area (Å²) in [6.07, 6.45) is -3.53. The van der Waals surface area contributed by atoms with E-state index in [1.165, 1.54) is 32.2 Å².